The smallest absolute Gasteiger partial charge is 0.163 e. The summed E-state index contributed by atoms with van der Waals surface area (Å²) in [5.74, 6) is 3.22. The number of hydrogen-bond acceptors (Lipinski definition) is 7. The molecule has 1 aromatic carbocycles. The maximum absolute atomic E-state index is 4.96. The van der Waals surface area contributed by atoms with Crippen molar-refractivity contribution in [2.75, 3.05) is 30.3 Å². The largest absolute Gasteiger partial charge is 0.370 e. The van der Waals surface area contributed by atoms with E-state index in [1.807, 2.05) is 16.2 Å². The Kier molecular flexibility index (Phi) is 5.69. The summed E-state index contributed by atoms with van der Waals surface area (Å²) < 4.78 is 1.97. The zero-order chi connectivity index (χ0) is 22.0. The molecule has 3 aromatic heterocycles. The van der Waals surface area contributed by atoms with E-state index in [-0.39, 0.29) is 0 Å². The Bertz CT molecular complexity index is 1210. The summed E-state index contributed by atoms with van der Waals surface area (Å²) in [6.45, 7) is 3.92. The first-order valence-electron chi connectivity index (χ1n) is 11.9. The van der Waals surface area contributed by atoms with Gasteiger partial charge in [-0.15, -0.1) is 11.3 Å². The average Bonchev–Trinajstić information content (AvgIpc) is 3.38. The molecule has 7 nitrogen and oxygen atoms in total. The number of piperidine rings is 1. The predicted octanol–water partition coefficient (Wildman–Crippen LogP) is 4.75. The van der Waals surface area contributed by atoms with Gasteiger partial charge in [0.15, 0.2) is 5.65 Å². The fourth-order valence-electron chi connectivity index (χ4n) is 4.55. The first-order valence-corrected chi connectivity index (χ1v) is 12.8. The van der Waals surface area contributed by atoms with Gasteiger partial charge in [0.2, 0.25) is 0 Å². The van der Waals surface area contributed by atoms with E-state index in [1.54, 1.807) is 11.3 Å². The minimum absolute atomic E-state index is 0.612. The van der Waals surface area contributed by atoms with Crippen molar-refractivity contribution in [3.05, 3.63) is 58.5 Å². The standard InChI is InChI=1S/C25H29N7S/c1-3-20(22-15-33-16-29-22)4-2-17(1)13-28-24-11-23(27-12-18-7-9-26-10-8-18)31-25-21(19-5-6-19)14-30-32(24)25/h1-4,11,14-16,18-19,26,28H,5-10,12-13H2,(H,27,31). The molecule has 1 saturated heterocycles. The number of nitrogens with one attached hydrogen (secondary N) is 3. The van der Waals surface area contributed by atoms with Gasteiger partial charge in [-0.1, -0.05) is 24.3 Å². The lowest BCUT2D eigenvalue weighted by Gasteiger charge is -2.23. The summed E-state index contributed by atoms with van der Waals surface area (Å²) in [4.78, 5) is 9.36. The fourth-order valence-corrected chi connectivity index (χ4v) is 5.12. The van der Waals surface area contributed by atoms with Crippen molar-refractivity contribution >= 4 is 28.6 Å². The molecular formula is C25H29N7S. The summed E-state index contributed by atoms with van der Waals surface area (Å²) in [5, 5.41) is 17.4. The van der Waals surface area contributed by atoms with Crippen LogP contribution in [-0.2, 0) is 6.54 Å². The normalized spacial score (nSPS) is 16.8. The van der Waals surface area contributed by atoms with E-state index in [0.717, 1.165) is 54.7 Å². The molecule has 4 heterocycles. The van der Waals surface area contributed by atoms with Crippen LogP contribution in [0.1, 0.15) is 42.7 Å². The van der Waals surface area contributed by atoms with Gasteiger partial charge in [-0.3, -0.25) is 0 Å². The van der Waals surface area contributed by atoms with Gasteiger partial charge in [0.25, 0.3) is 0 Å². The van der Waals surface area contributed by atoms with Gasteiger partial charge >= 0.3 is 0 Å². The molecule has 2 fully saturated rings. The van der Waals surface area contributed by atoms with Crippen LogP contribution in [-0.4, -0.2) is 39.2 Å². The first-order chi connectivity index (χ1) is 16.3. The van der Waals surface area contributed by atoms with Crippen LogP contribution in [0.2, 0.25) is 0 Å². The highest BCUT2D eigenvalue weighted by Gasteiger charge is 2.28. The van der Waals surface area contributed by atoms with Gasteiger partial charge in [-0.2, -0.15) is 9.61 Å². The number of anilines is 2. The number of aromatic nitrogens is 4. The highest BCUT2D eigenvalue weighted by atomic mass is 32.1. The van der Waals surface area contributed by atoms with Crippen LogP contribution in [0.4, 0.5) is 11.6 Å². The number of thiazole rings is 1. The van der Waals surface area contributed by atoms with Gasteiger partial charge in [0, 0.05) is 35.7 Å². The number of benzene rings is 1. The summed E-state index contributed by atoms with van der Waals surface area (Å²) in [6, 6.07) is 10.7. The predicted molar refractivity (Wildman–Crippen MR) is 134 cm³/mol. The van der Waals surface area contributed by atoms with E-state index >= 15 is 0 Å². The molecule has 0 unspecified atom stereocenters. The Hall–Kier alpha value is -2.97. The lowest BCUT2D eigenvalue weighted by atomic mass is 9.98. The van der Waals surface area contributed by atoms with E-state index < -0.39 is 0 Å². The molecule has 0 radical (unpaired) electrons. The molecular weight excluding hydrogens is 430 g/mol. The summed E-state index contributed by atoms with van der Waals surface area (Å²) in [6.07, 6.45) is 6.92. The molecule has 0 bridgehead atoms. The van der Waals surface area contributed by atoms with Crippen LogP contribution < -0.4 is 16.0 Å². The lowest BCUT2D eigenvalue weighted by Crippen LogP contribution is -2.31. The van der Waals surface area contributed by atoms with Crippen molar-refractivity contribution in [1.82, 2.24) is 24.9 Å². The van der Waals surface area contributed by atoms with Crippen molar-refractivity contribution in [2.24, 2.45) is 5.92 Å². The second-order valence-corrected chi connectivity index (χ2v) is 9.85. The minimum atomic E-state index is 0.612. The third-order valence-corrected chi connectivity index (χ3v) is 7.29. The maximum Gasteiger partial charge on any atom is 0.163 e. The van der Waals surface area contributed by atoms with E-state index in [4.69, 9.17) is 4.98 Å². The highest BCUT2D eigenvalue weighted by molar-refractivity contribution is 7.07. The van der Waals surface area contributed by atoms with E-state index in [2.05, 4.69) is 61.7 Å². The molecule has 3 N–H and O–H groups in total. The molecule has 0 atom stereocenters. The molecule has 0 amide bonds. The number of nitrogens with zero attached hydrogens (tertiary/aromatic N) is 4. The second kappa shape index (κ2) is 9.11. The van der Waals surface area contributed by atoms with Crippen LogP contribution >= 0.6 is 11.3 Å². The van der Waals surface area contributed by atoms with Crippen molar-refractivity contribution in [3.63, 3.8) is 0 Å². The first kappa shape index (κ1) is 20.6. The molecule has 170 valence electrons. The van der Waals surface area contributed by atoms with Crippen molar-refractivity contribution in [1.29, 1.82) is 0 Å². The SMILES string of the molecule is c1nc(-c2ccc(CNc3cc(NCC4CCNCC4)nc4c(C5CC5)cnn34)cc2)cs1. The molecule has 0 spiro atoms. The van der Waals surface area contributed by atoms with Gasteiger partial charge in [-0.05, 0) is 56.2 Å². The highest BCUT2D eigenvalue weighted by Crippen LogP contribution is 2.42. The van der Waals surface area contributed by atoms with Crippen molar-refractivity contribution in [2.45, 2.75) is 38.1 Å². The molecule has 33 heavy (non-hydrogen) atoms. The zero-order valence-electron chi connectivity index (χ0n) is 18.6. The summed E-state index contributed by atoms with van der Waals surface area (Å²) >= 11 is 1.62. The Labute approximate surface area is 197 Å². The third kappa shape index (κ3) is 4.58. The Morgan fingerprint density at radius 1 is 1.06 bits per heavy atom. The fraction of sp³-hybridized carbons (Fsp3) is 0.400. The Balaban J connectivity index is 1.21. The van der Waals surface area contributed by atoms with Crippen molar-refractivity contribution in [3.8, 4) is 11.3 Å². The van der Waals surface area contributed by atoms with Crippen LogP contribution in [0, 0.1) is 5.92 Å². The summed E-state index contributed by atoms with van der Waals surface area (Å²) in [5.41, 5.74) is 7.53. The molecule has 2 aliphatic rings. The number of rotatable bonds is 8. The van der Waals surface area contributed by atoms with Gasteiger partial charge < -0.3 is 16.0 Å². The lowest BCUT2D eigenvalue weighted by molar-refractivity contribution is 0.389. The average molecular weight is 460 g/mol. The molecule has 1 aliphatic carbocycles. The monoisotopic (exact) mass is 459 g/mol. The van der Waals surface area contributed by atoms with Crippen LogP contribution in [0.15, 0.2) is 47.4 Å². The molecule has 1 saturated carbocycles. The third-order valence-electron chi connectivity index (χ3n) is 6.70. The Morgan fingerprint density at radius 3 is 2.67 bits per heavy atom. The summed E-state index contributed by atoms with van der Waals surface area (Å²) in [7, 11) is 0. The van der Waals surface area contributed by atoms with Gasteiger partial charge in [0.1, 0.15) is 11.6 Å². The van der Waals surface area contributed by atoms with Crippen molar-refractivity contribution < 1.29 is 0 Å². The quantitative estimate of drug-likeness (QED) is 0.353. The number of fused-ring (bicyclic) bond motifs is 1. The Morgan fingerprint density at radius 2 is 1.91 bits per heavy atom. The second-order valence-electron chi connectivity index (χ2n) is 9.13. The van der Waals surface area contributed by atoms with Crippen LogP contribution in [0.3, 0.4) is 0 Å². The van der Waals surface area contributed by atoms with E-state index in [9.17, 15) is 0 Å². The minimum Gasteiger partial charge on any atom is -0.370 e. The van der Waals surface area contributed by atoms with E-state index in [0.29, 0.717) is 11.8 Å². The van der Waals surface area contributed by atoms with Crippen LogP contribution in [0.25, 0.3) is 16.9 Å². The maximum atomic E-state index is 4.96. The van der Waals surface area contributed by atoms with E-state index in [1.165, 1.54) is 36.8 Å². The molecule has 4 aromatic rings. The number of hydrogen-bond donors (Lipinski definition) is 3. The van der Waals surface area contributed by atoms with Gasteiger partial charge in [-0.25, -0.2) is 9.97 Å². The molecule has 1 aliphatic heterocycles. The molecule has 8 heteroatoms. The van der Waals surface area contributed by atoms with Gasteiger partial charge in [0.05, 0.1) is 17.4 Å². The zero-order valence-corrected chi connectivity index (χ0v) is 19.4. The molecule has 6 rings (SSSR count). The van der Waals surface area contributed by atoms with Crippen LogP contribution in [0.5, 0.6) is 0 Å². The topological polar surface area (TPSA) is 79.2 Å².